The predicted octanol–water partition coefficient (Wildman–Crippen LogP) is 3.85. The van der Waals surface area contributed by atoms with E-state index in [0.29, 0.717) is 13.2 Å². The Morgan fingerprint density at radius 1 is 0.964 bits per heavy atom. The molecule has 1 N–H and O–H groups in total. The van der Waals surface area contributed by atoms with Gasteiger partial charge >= 0.3 is 0 Å². The van der Waals surface area contributed by atoms with E-state index in [9.17, 15) is 5.11 Å². The number of aromatic nitrogens is 1. The summed E-state index contributed by atoms with van der Waals surface area (Å²) in [4.78, 5) is 2.28. The third kappa shape index (κ3) is 5.80. The molecule has 0 radical (unpaired) electrons. The highest BCUT2D eigenvalue weighted by atomic mass is 16.5. The van der Waals surface area contributed by atoms with Gasteiger partial charge in [-0.15, -0.1) is 0 Å². The molecule has 0 aliphatic carbocycles. The zero-order valence-corrected chi connectivity index (χ0v) is 16.8. The lowest BCUT2D eigenvalue weighted by molar-refractivity contribution is 0.0333. The van der Waals surface area contributed by atoms with Gasteiger partial charge in [-0.25, -0.2) is 0 Å². The molecule has 1 aromatic heterocycles. The maximum absolute atomic E-state index is 10.3. The highest BCUT2D eigenvalue weighted by molar-refractivity contribution is 5.26. The molecule has 0 saturated carbocycles. The molecule has 4 nitrogen and oxygen atoms in total. The van der Waals surface area contributed by atoms with Gasteiger partial charge in [0.05, 0.1) is 12.7 Å². The van der Waals surface area contributed by atoms with E-state index in [1.165, 1.54) is 22.4 Å². The van der Waals surface area contributed by atoms with Gasteiger partial charge in [0.15, 0.2) is 0 Å². The second-order valence-electron chi connectivity index (χ2n) is 7.32. The van der Waals surface area contributed by atoms with Crippen LogP contribution in [0.25, 0.3) is 0 Å². The fourth-order valence-corrected chi connectivity index (χ4v) is 3.52. The summed E-state index contributed by atoms with van der Waals surface area (Å²) in [6, 6.07) is 23.2. The second-order valence-corrected chi connectivity index (χ2v) is 7.32. The van der Waals surface area contributed by atoms with Crippen LogP contribution in [0.1, 0.15) is 22.4 Å². The van der Waals surface area contributed by atoms with E-state index < -0.39 is 6.10 Å². The number of hydrogen-bond donors (Lipinski definition) is 1. The molecule has 1 atom stereocenters. The first-order valence-electron chi connectivity index (χ1n) is 9.77. The van der Waals surface area contributed by atoms with Gasteiger partial charge in [-0.1, -0.05) is 54.6 Å². The summed E-state index contributed by atoms with van der Waals surface area (Å²) in [5.74, 6) is 0. The first-order chi connectivity index (χ1) is 13.7. The van der Waals surface area contributed by atoms with Crippen LogP contribution in [0.3, 0.4) is 0 Å². The Labute approximate surface area is 168 Å². The molecule has 1 heterocycles. The van der Waals surface area contributed by atoms with Crippen LogP contribution >= 0.6 is 0 Å². The number of aryl methyl sites for hydroxylation is 1. The van der Waals surface area contributed by atoms with Crippen molar-refractivity contribution in [3.63, 3.8) is 0 Å². The molecule has 3 aromatic rings. The van der Waals surface area contributed by atoms with Gasteiger partial charge in [-0.2, -0.15) is 0 Å². The van der Waals surface area contributed by atoms with Gasteiger partial charge in [0, 0.05) is 45.2 Å². The van der Waals surface area contributed by atoms with Crippen molar-refractivity contribution in [3.8, 4) is 0 Å². The van der Waals surface area contributed by atoms with Gasteiger partial charge < -0.3 is 14.4 Å². The topological polar surface area (TPSA) is 37.6 Å². The predicted molar refractivity (Wildman–Crippen MR) is 113 cm³/mol. The first-order valence-corrected chi connectivity index (χ1v) is 9.77. The first kappa shape index (κ1) is 20.3. The van der Waals surface area contributed by atoms with Crippen molar-refractivity contribution in [1.29, 1.82) is 0 Å². The molecular weight excluding hydrogens is 348 g/mol. The molecule has 28 heavy (non-hydrogen) atoms. The van der Waals surface area contributed by atoms with Crippen molar-refractivity contribution in [2.45, 2.75) is 32.7 Å². The van der Waals surface area contributed by atoms with Crippen LogP contribution in [0.4, 0.5) is 0 Å². The van der Waals surface area contributed by atoms with Crippen LogP contribution in [0.5, 0.6) is 0 Å². The van der Waals surface area contributed by atoms with Crippen molar-refractivity contribution in [1.82, 2.24) is 9.47 Å². The number of hydrogen-bond acceptors (Lipinski definition) is 3. The Hall–Kier alpha value is -2.40. The highest BCUT2D eigenvalue weighted by Gasteiger charge is 2.15. The van der Waals surface area contributed by atoms with Gasteiger partial charge in [0.2, 0.25) is 0 Å². The molecule has 0 amide bonds. The van der Waals surface area contributed by atoms with Gasteiger partial charge in [0.1, 0.15) is 0 Å². The Bertz CT molecular complexity index is 845. The molecule has 4 heteroatoms. The van der Waals surface area contributed by atoms with E-state index in [4.69, 9.17) is 4.74 Å². The number of rotatable bonds is 10. The van der Waals surface area contributed by atoms with E-state index >= 15 is 0 Å². The monoisotopic (exact) mass is 378 g/mol. The minimum atomic E-state index is -0.506. The van der Waals surface area contributed by atoms with Gasteiger partial charge in [0.25, 0.3) is 0 Å². The van der Waals surface area contributed by atoms with Crippen LogP contribution in [-0.2, 0) is 24.4 Å². The molecule has 0 aliphatic heterocycles. The third-order valence-corrected chi connectivity index (χ3v) is 4.99. The largest absolute Gasteiger partial charge is 0.389 e. The summed E-state index contributed by atoms with van der Waals surface area (Å²) < 4.78 is 7.42. The van der Waals surface area contributed by atoms with Crippen molar-refractivity contribution >= 4 is 0 Å². The minimum absolute atomic E-state index is 0.343. The van der Waals surface area contributed by atoms with Crippen molar-refractivity contribution < 1.29 is 9.84 Å². The summed E-state index contributed by atoms with van der Waals surface area (Å²) >= 11 is 0. The second kappa shape index (κ2) is 10.2. The van der Waals surface area contributed by atoms with Gasteiger partial charge in [-0.3, -0.25) is 4.90 Å². The molecular formula is C24H30N2O2. The Balaban J connectivity index is 1.75. The zero-order valence-electron chi connectivity index (χ0n) is 16.8. The summed E-state index contributed by atoms with van der Waals surface area (Å²) in [5, 5.41) is 10.3. The smallest absolute Gasteiger partial charge is 0.0900 e. The number of benzene rings is 2. The number of ether oxygens (including phenoxy) is 1. The Morgan fingerprint density at radius 3 is 2.46 bits per heavy atom. The van der Waals surface area contributed by atoms with Crippen LogP contribution in [0, 0.1) is 6.92 Å². The minimum Gasteiger partial charge on any atom is -0.389 e. The van der Waals surface area contributed by atoms with Crippen molar-refractivity contribution in [2.75, 3.05) is 20.3 Å². The maximum Gasteiger partial charge on any atom is 0.0900 e. The number of nitrogens with zero attached hydrogens (tertiary/aromatic N) is 2. The molecule has 0 bridgehead atoms. The fourth-order valence-electron chi connectivity index (χ4n) is 3.52. The number of methoxy groups -OCH3 is 1. The van der Waals surface area contributed by atoms with E-state index in [1.54, 1.807) is 7.11 Å². The quantitative estimate of drug-likeness (QED) is 0.582. The van der Waals surface area contributed by atoms with E-state index in [1.807, 2.05) is 6.07 Å². The Kier molecular flexibility index (Phi) is 7.43. The van der Waals surface area contributed by atoms with Crippen molar-refractivity contribution in [2.24, 2.45) is 0 Å². The summed E-state index contributed by atoms with van der Waals surface area (Å²) in [5.41, 5.74) is 5.11. The lowest BCUT2D eigenvalue weighted by Crippen LogP contribution is -2.34. The summed E-state index contributed by atoms with van der Waals surface area (Å²) in [7, 11) is 1.62. The average molecular weight is 379 g/mol. The van der Waals surface area contributed by atoms with Crippen LogP contribution in [-0.4, -0.2) is 40.9 Å². The fraction of sp³-hybridized carbons (Fsp3) is 0.333. The molecule has 0 aliphatic rings. The summed E-state index contributed by atoms with van der Waals surface area (Å²) in [6.07, 6.45) is 1.63. The van der Waals surface area contributed by atoms with E-state index in [2.05, 4.69) is 83.3 Å². The molecule has 1 unspecified atom stereocenters. The zero-order chi connectivity index (χ0) is 19.8. The SMILES string of the molecule is COCC(O)CN(Cc1ccccc1)Cc1cccn1Cc1ccccc1C. The Morgan fingerprint density at radius 2 is 1.71 bits per heavy atom. The molecule has 0 spiro atoms. The lowest BCUT2D eigenvalue weighted by Gasteiger charge is -2.26. The number of aliphatic hydroxyl groups excluding tert-OH is 1. The molecule has 3 rings (SSSR count). The standard InChI is InChI=1S/C24H30N2O2/c1-20-9-6-7-12-22(20)16-26-14-8-13-23(26)17-25(18-24(27)19-28-2)15-21-10-4-3-5-11-21/h3-14,24,27H,15-19H2,1-2H3. The summed E-state index contributed by atoms with van der Waals surface area (Å²) in [6.45, 7) is 5.48. The van der Waals surface area contributed by atoms with Gasteiger partial charge in [-0.05, 0) is 35.7 Å². The molecule has 0 fully saturated rings. The van der Waals surface area contributed by atoms with E-state index in [-0.39, 0.29) is 0 Å². The average Bonchev–Trinajstić information content (AvgIpc) is 3.11. The normalized spacial score (nSPS) is 12.4. The van der Waals surface area contributed by atoms with Crippen LogP contribution in [0.15, 0.2) is 72.9 Å². The highest BCUT2D eigenvalue weighted by Crippen LogP contribution is 2.15. The molecule has 0 saturated heterocycles. The van der Waals surface area contributed by atoms with E-state index in [0.717, 1.165) is 19.6 Å². The lowest BCUT2D eigenvalue weighted by atomic mass is 10.1. The van der Waals surface area contributed by atoms with Crippen LogP contribution in [0.2, 0.25) is 0 Å². The molecule has 2 aromatic carbocycles. The third-order valence-electron chi connectivity index (χ3n) is 4.99. The van der Waals surface area contributed by atoms with Crippen molar-refractivity contribution in [3.05, 3.63) is 95.3 Å². The maximum atomic E-state index is 10.3. The molecule has 148 valence electrons. The number of aliphatic hydroxyl groups is 1. The van der Waals surface area contributed by atoms with Crippen LogP contribution < -0.4 is 0 Å².